The third kappa shape index (κ3) is 5.30. The lowest BCUT2D eigenvalue weighted by Gasteiger charge is -2.18. The summed E-state index contributed by atoms with van der Waals surface area (Å²) in [5.74, 6) is 0.639. The van der Waals surface area contributed by atoms with E-state index in [9.17, 15) is 14.9 Å². The molecule has 0 aliphatic carbocycles. The number of rotatable bonds is 8. The molecular formula is C19H21N7O5. The van der Waals surface area contributed by atoms with Crippen molar-refractivity contribution in [2.45, 2.75) is 13.1 Å². The standard InChI is InChI=1S/C19H21N7O5/c1-24(10-13-5-4-6-16(21-13)22-19(27)28)9-12-7-14(18-20-11-25(2)23-18)17(31-3)15(8-12)26(29)30/h4-8,11H,9-10H2,1-3H3,(H,21,22)(H,27,28). The number of carbonyl (C=O) groups is 1. The van der Waals surface area contributed by atoms with Crippen LogP contribution in [0, 0.1) is 10.1 Å². The van der Waals surface area contributed by atoms with E-state index in [1.807, 2.05) is 11.9 Å². The van der Waals surface area contributed by atoms with E-state index in [1.165, 1.54) is 24.2 Å². The lowest BCUT2D eigenvalue weighted by atomic mass is 10.1. The molecule has 0 saturated carbocycles. The van der Waals surface area contributed by atoms with Crippen molar-refractivity contribution in [1.82, 2.24) is 24.6 Å². The average Bonchev–Trinajstić information content (AvgIpc) is 3.13. The Kier molecular flexibility index (Phi) is 6.40. The molecule has 12 heteroatoms. The van der Waals surface area contributed by atoms with Gasteiger partial charge >= 0.3 is 11.8 Å². The van der Waals surface area contributed by atoms with Crippen LogP contribution in [0.4, 0.5) is 16.3 Å². The summed E-state index contributed by atoms with van der Waals surface area (Å²) in [6, 6.07) is 8.23. The molecule has 162 valence electrons. The SMILES string of the molecule is COc1c(-c2ncn(C)n2)cc(CN(C)Cc2cccc(NC(=O)O)n2)cc1[N+](=O)[O-]. The molecule has 0 fully saturated rings. The maximum atomic E-state index is 11.6. The largest absolute Gasteiger partial charge is 0.490 e. The summed E-state index contributed by atoms with van der Waals surface area (Å²) >= 11 is 0. The Morgan fingerprint density at radius 2 is 2.13 bits per heavy atom. The summed E-state index contributed by atoms with van der Waals surface area (Å²) in [7, 11) is 4.90. The number of ether oxygens (including phenoxy) is 1. The highest BCUT2D eigenvalue weighted by molar-refractivity contribution is 5.81. The Labute approximate surface area is 177 Å². The van der Waals surface area contributed by atoms with Crippen molar-refractivity contribution >= 4 is 17.6 Å². The monoisotopic (exact) mass is 427 g/mol. The molecule has 0 saturated heterocycles. The smallest absolute Gasteiger partial charge is 0.410 e. The summed E-state index contributed by atoms with van der Waals surface area (Å²) in [4.78, 5) is 32.3. The number of benzene rings is 1. The fourth-order valence-electron chi connectivity index (χ4n) is 3.13. The Bertz CT molecular complexity index is 1110. The van der Waals surface area contributed by atoms with Gasteiger partial charge in [0.2, 0.25) is 5.75 Å². The summed E-state index contributed by atoms with van der Waals surface area (Å²) in [5.41, 5.74) is 1.55. The molecule has 3 aromatic rings. The van der Waals surface area contributed by atoms with Crippen LogP contribution in [0.5, 0.6) is 5.75 Å². The van der Waals surface area contributed by atoms with Crippen LogP contribution in [0.1, 0.15) is 11.3 Å². The zero-order chi connectivity index (χ0) is 22.5. The molecule has 1 amide bonds. The number of methoxy groups -OCH3 is 1. The fraction of sp³-hybridized carbons (Fsp3) is 0.263. The second-order valence-electron chi connectivity index (χ2n) is 6.81. The first kappa shape index (κ1) is 21.6. The molecule has 2 heterocycles. The first-order valence-electron chi connectivity index (χ1n) is 9.12. The zero-order valence-electron chi connectivity index (χ0n) is 17.1. The molecule has 1 aromatic carbocycles. The van der Waals surface area contributed by atoms with E-state index in [1.54, 1.807) is 31.3 Å². The third-order valence-corrected chi connectivity index (χ3v) is 4.30. The molecular weight excluding hydrogens is 406 g/mol. The van der Waals surface area contributed by atoms with Gasteiger partial charge < -0.3 is 9.84 Å². The van der Waals surface area contributed by atoms with Crippen LogP contribution in [0.3, 0.4) is 0 Å². The average molecular weight is 427 g/mol. The van der Waals surface area contributed by atoms with Gasteiger partial charge in [-0.3, -0.25) is 25.0 Å². The van der Waals surface area contributed by atoms with Gasteiger partial charge in [-0.15, -0.1) is 0 Å². The van der Waals surface area contributed by atoms with Crippen LogP contribution < -0.4 is 10.1 Å². The van der Waals surface area contributed by atoms with E-state index in [0.29, 0.717) is 35.7 Å². The number of nitrogens with zero attached hydrogens (tertiary/aromatic N) is 6. The molecule has 0 radical (unpaired) electrons. The van der Waals surface area contributed by atoms with E-state index in [0.717, 1.165) is 0 Å². The number of aryl methyl sites for hydroxylation is 1. The summed E-state index contributed by atoms with van der Waals surface area (Å²) in [6.07, 6.45) is 0.308. The molecule has 3 rings (SSSR count). The topological polar surface area (TPSA) is 149 Å². The highest BCUT2D eigenvalue weighted by Gasteiger charge is 2.24. The van der Waals surface area contributed by atoms with E-state index >= 15 is 0 Å². The van der Waals surface area contributed by atoms with Crippen molar-refractivity contribution < 1.29 is 19.6 Å². The van der Waals surface area contributed by atoms with Crippen molar-refractivity contribution in [2.75, 3.05) is 19.5 Å². The maximum absolute atomic E-state index is 11.6. The van der Waals surface area contributed by atoms with Crippen LogP contribution in [0.15, 0.2) is 36.7 Å². The van der Waals surface area contributed by atoms with Gasteiger partial charge in [0, 0.05) is 26.2 Å². The molecule has 0 unspecified atom stereocenters. The van der Waals surface area contributed by atoms with Crippen molar-refractivity contribution in [3.63, 3.8) is 0 Å². The molecule has 0 spiro atoms. The van der Waals surface area contributed by atoms with Crippen LogP contribution in [-0.2, 0) is 20.1 Å². The lowest BCUT2D eigenvalue weighted by molar-refractivity contribution is -0.385. The minimum absolute atomic E-state index is 0.0942. The molecule has 2 N–H and O–H groups in total. The highest BCUT2D eigenvalue weighted by atomic mass is 16.6. The van der Waals surface area contributed by atoms with Gasteiger partial charge in [0.25, 0.3) is 0 Å². The first-order valence-corrected chi connectivity index (χ1v) is 9.12. The second-order valence-corrected chi connectivity index (χ2v) is 6.81. The number of hydrogen-bond acceptors (Lipinski definition) is 8. The lowest BCUT2D eigenvalue weighted by Crippen LogP contribution is -2.19. The number of amides is 1. The van der Waals surface area contributed by atoms with Gasteiger partial charge in [0.05, 0.1) is 23.3 Å². The summed E-state index contributed by atoms with van der Waals surface area (Å²) < 4.78 is 6.80. The predicted molar refractivity (Wildman–Crippen MR) is 111 cm³/mol. The van der Waals surface area contributed by atoms with Gasteiger partial charge in [-0.2, -0.15) is 5.10 Å². The first-order chi connectivity index (χ1) is 14.8. The summed E-state index contributed by atoms with van der Waals surface area (Å²) in [6.45, 7) is 0.759. The quantitative estimate of drug-likeness (QED) is 0.408. The predicted octanol–water partition coefficient (Wildman–Crippen LogP) is 2.52. The minimum Gasteiger partial charge on any atom is -0.490 e. The third-order valence-electron chi connectivity index (χ3n) is 4.30. The second kappa shape index (κ2) is 9.17. The highest BCUT2D eigenvalue weighted by Crippen LogP contribution is 2.38. The van der Waals surface area contributed by atoms with E-state index in [2.05, 4.69) is 20.4 Å². The number of nitro groups is 1. The number of hydrogen-bond donors (Lipinski definition) is 2. The number of aromatic nitrogens is 4. The van der Waals surface area contributed by atoms with Crippen LogP contribution in [0.25, 0.3) is 11.4 Å². The van der Waals surface area contributed by atoms with Crippen LogP contribution in [-0.4, -0.2) is 54.9 Å². The van der Waals surface area contributed by atoms with Gasteiger partial charge in [-0.25, -0.2) is 14.8 Å². The molecule has 0 bridgehead atoms. The van der Waals surface area contributed by atoms with Crippen LogP contribution >= 0.6 is 0 Å². The fourth-order valence-corrected chi connectivity index (χ4v) is 3.13. The molecule has 0 aliphatic rings. The number of anilines is 1. The van der Waals surface area contributed by atoms with E-state index < -0.39 is 11.0 Å². The van der Waals surface area contributed by atoms with Gasteiger partial charge in [-0.05, 0) is 30.8 Å². The van der Waals surface area contributed by atoms with Gasteiger partial charge in [0.15, 0.2) is 5.82 Å². The Morgan fingerprint density at radius 3 is 2.74 bits per heavy atom. The zero-order valence-corrected chi connectivity index (χ0v) is 17.1. The number of nitro benzene ring substituents is 1. The Morgan fingerprint density at radius 1 is 1.35 bits per heavy atom. The molecule has 2 aromatic heterocycles. The molecule has 12 nitrogen and oxygen atoms in total. The molecule has 31 heavy (non-hydrogen) atoms. The maximum Gasteiger partial charge on any atom is 0.410 e. The molecule has 0 atom stereocenters. The van der Waals surface area contributed by atoms with Crippen molar-refractivity contribution in [2.24, 2.45) is 7.05 Å². The number of carboxylic acid groups (broad SMARTS) is 1. The van der Waals surface area contributed by atoms with E-state index in [4.69, 9.17) is 9.84 Å². The Balaban J connectivity index is 1.88. The number of nitrogens with one attached hydrogen (secondary N) is 1. The van der Waals surface area contributed by atoms with Crippen LogP contribution in [0.2, 0.25) is 0 Å². The normalized spacial score (nSPS) is 10.8. The minimum atomic E-state index is -1.20. The van der Waals surface area contributed by atoms with Gasteiger partial charge in [-0.1, -0.05) is 6.07 Å². The summed E-state index contributed by atoms with van der Waals surface area (Å²) in [5, 5.41) is 26.9. The van der Waals surface area contributed by atoms with Crippen molar-refractivity contribution in [3.8, 4) is 17.1 Å². The van der Waals surface area contributed by atoms with Crippen molar-refractivity contribution in [1.29, 1.82) is 0 Å². The van der Waals surface area contributed by atoms with Crippen molar-refractivity contribution in [3.05, 3.63) is 58.0 Å². The van der Waals surface area contributed by atoms with E-state index in [-0.39, 0.29) is 17.3 Å². The Hall–Kier alpha value is -4.06. The van der Waals surface area contributed by atoms with Gasteiger partial charge in [0.1, 0.15) is 12.1 Å². The molecule has 0 aliphatic heterocycles. The number of pyridine rings is 1.